The molecule has 3 aliphatic heterocycles. The molecule has 6 rings (SSSR count). The smallest absolute Gasteiger partial charge is 0.318 e. The summed E-state index contributed by atoms with van der Waals surface area (Å²) in [4.78, 5) is 17.4. The van der Waals surface area contributed by atoms with E-state index in [1.807, 2.05) is 18.2 Å². The topological polar surface area (TPSA) is 77.0 Å². The van der Waals surface area contributed by atoms with Gasteiger partial charge in [0.1, 0.15) is 18.2 Å². The number of nitrogens with zero attached hydrogens (tertiary/aromatic N) is 5. The molecular formula is C31H42N6O2. The predicted molar refractivity (Wildman–Crippen MR) is 157 cm³/mol. The number of aromatic hydroxyl groups is 1. The van der Waals surface area contributed by atoms with E-state index in [-0.39, 0.29) is 0 Å². The van der Waals surface area contributed by atoms with E-state index in [0.29, 0.717) is 42.9 Å². The third kappa shape index (κ3) is 5.37. The number of benzene rings is 2. The van der Waals surface area contributed by atoms with E-state index >= 15 is 0 Å². The van der Waals surface area contributed by atoms with Crippen molar-refractivity contribution in [3.63, 3.8) is 0 Å². The number of hydrogen-bond acceptors (Lipinski definition) is 8. The van der Waals surface area contributed by atoms with Crippen molar-refractivity contribution in [3.05, 3.63) is 47.7 Å². The van der Waals surface area contributed by atoms with Crippen LogP contribution >= 0.6 is 0 Å². The van der Waals surface area contributed by atoms with Gasteiger partial charge in [0.15, 0.2) is 0 Å². The molecule has 0 bridgehead atoms. The lowest BCUT2D eigenvalue weighted by Crippen LogP contribution is -2.50. The summed E-state index contributed by atoms with van der Waals surface area (Å²) in [6.45, 7) is 13.9. The van der Waals surface area contributed by atoms with Crippen molar-refractivity contribution in [2.75, 3.05) is 55.7 Å². The molecule has 0 spiro atoms. The quantitative estimate of drug-likeness (QED) is 0.491. The third-order valence-electron chi connectivity index (χ3n) is 8.81. The number of fused-ring (bicyclic) bond motifs is 2. The highest BCUT2D eigenvalue weighted by molar-refractivity contribution is 5.95. The minimum absolute atomic E-state index is 0.291. The van der Waals surface area contributed by atoms with Gasteiger partial charge in [0.05, 0.1) is 12.2 Å². The first kappa shape index (κ1) is 26.1. The highest BCUT2D eigenvalue weighted by Crippen LogP contribution is 2.36. The number of aromatic nitrogens is 2. The van der Waals surface area contributed by atoms with Gasteiger partial charge in [-0.15, -0.1) is 0 Å². The Bertz CT molecular complexity index is 1310. The number of phenols is 1. The molecule has 0 amide bonds. The summed E-state index contributed by atoms with van der Waals surface area (Å²) in [5.74, 6) is 1.91. The standard InChI is InChI=1S/C31H42N6O2/c1-21(2)37-13-6-7-22(3)29(37)20-39-31-33-27-19-36(28-18-24(38)17-23-8-4-5-9-25(23)28)14-10-26(27)30(34-31)35-15-11-32-12-16-35/h4-5,8-9,17-18,21-22,29,32,38H,6-7,10-16,19-20H2,1-3H3/t22?,29-/m1/s1. The Morgan fingerprint density at radius 1 is 1.05 bits per heavy atom. The van der Waals surface area contributed by atoms with Gasteiger partial charge in [0.2, 0.25) is 0 Å². The normalized spacial score (nSPS) is 22.4. The van der Waals surface area contributed by atoms with Crippen LogP contribution in [0.4, 0.5) is 11.5 Å². The first-order chi connectivity index (χ1) is 19.0. The number of piperidine rings is 1. The molecule has 0 aliphatic carbocycles. The number of nitrogens with one attached hydrogen (secondary N) is 1. The van der Waals surface area contributed by atoms with Crippen molar-refractivity contribution in [1.29, 1.82) is 0 Å². The average Bonchev–Trinajstić information content (AvgIpc) is 2.95. The van der Waals surface area contributed by atoms with Crippen LogP contribution in [0.25, 0.3) is 10.8 Å². The first-order valence-electron chi connectivity index (χ1n) is 14.7. The van der Waals surface area contributed by atoms with E-state index in [9.17, 15) is 5.11 Å². The highest BCUT2D eigenvalue weighted by atomic mass is 16.5. The molecule has 4 heterocycles. The molecule has 39 heavy (non-hydrogen) atoms. The predicted octanol–water partition coefficient (Wildman–Crippen LogP) is 4.20. The second-order valence-corrected chi connectivity index (χ2v) is 11.7. The first-order valence-corrected chi connectivity index (χ1v) is 14.7. The van der Waals surface area contributed by atoms with Crippen molar-refractivity contribution in [2.24, 2.45) is 5.92 Å². The summed E-state index contributed by atoms with van der Waals surface area (Å²) >= 11 is 0. The van der Waals surface area contributed by atoms with Gasteiger partial charge in [-0.05, 0) is 57.0 Å². The lowest BCUT2D eigenvalue weighted by Gasteiger charge is -2.42. The maximum absolute atomic E-state index is 10.5. The Morgan fingerprint density at radius 2 is 1.87 bits per heavy atom. The summed E-state index contributed by atoms with van der Waals surface area (Å²) in [6.07, 6.45) is 3.35. The molecule has 2 atom stereocenters. The zero-order valence-electron chi connectivity index (χ0n) is 23.6. The average molecular weight is 531 g/mol. The van der Waals surface area contributed by atoms with E-state index in [4.69, 9.17) is 14.7 Å². The van der Waals surface area contributed by atoms with Crippen LogP contribution in [0, 0.1) is 5.92 Å². The van der Waals surface area contributed by atoms with Crippen LogP contribution in [0.5, 0.6) is 11.8 Å². The molecule has 3 aliphatic rings. The van der Waals surface area contributed by atoms with Gasteiger partial charge in [-0.2, -0.15) is 9.97 Å². The molecule has 2 fully saturated rings. The van der Waals surface area contributed by atoms with Gasteiger partial charge in [0, 0.05) is 67.5 Å². The number of rotatable bonds is 6. The van der Waals surface area contributed by atoms with Crippen LogP contribution in [-0.4, -0.2) is 77.9 Å². The largest absolute Gasteiger partial charge is 0.508 e. The molecule has 1 unspecified atom stereocenters. The summed E-state index contributed by atoms with van der Waals surface area (Å²) in [6, 6.07) is 13.3. The SMILES string of the molecule is CC1CCCN(C(C)C)[C@@H]1COc1nc2c(c(N3CCNCC3)n1)CCN(c1cc(O)cc3ccccc13)C2. The van der Waals surface area contributed by atoms with Crippen LogP contribution in [0.2, 0.25) is 0 Å². The number of hydrogen-bond donors (Lipinski definition) is 2. The maximum Gasteiger partial charge on any atom is 0.318 e. The van der Waals surface area contributed by atoms with Gasteiger partial charge in [-0.25, -0.2) is 0 Å². The molecule has 8 nitrogen and oxygen atoms in total. The van der Waals surface area contributed by atoms with Gasteiger partial charge in [0.25, 0.3) is 0 Å². The van der Waals surface area contributed by atoms with Crippen molar-refractivity contribution in [2.45, 2.75) is 58.7 Å². The van der Waals surface area contributed by atoms with E-state index in [1.54, 1.807) is 0 Å². The summed E-state index contributed by atoms with van der Waals surface area (Å²) in [5, 5.41) is 16.1. The molecule has 2 N–H and O–H groups in total. The molecule has 0 radical (unpaired) electrons. The Balaban J connectivity index is 1.32. The van der Waals surface area contributed by atoms with Gasteiger partial charge < -0.3 is 25.0 Å². The molecule has 1 aromatic heterocycles. The minimum atomic E-state index is 0.291. The fraction of sp³-hybridized carbons (Fsp3) is 0.548. The second kappa shape index (κ2) is 11.2. The summed E-state index contributed by atoms with van der Waals surface area (Å²) in [7, 11) is 0. The van der Waals surface area contributed by atoms with Gasteiger partial charge >= 0.3 is 6.01 Å². The van der Waals surface area contributed by atoms with Crippen LogP contribution in [0.3, 0.4) is 0 Å². The maximum atomic E-state index is 10.5. The van der Waals surface area contributed by atoms with E-state index in [1.165, 1.54) is 18.4 Å². The minimum Gasteiger partial charge on any atom is -0.508 e. The van der Waals surface area contributed by atoms with Crippen molar-refractivity contribution >= 4 is 22.3 Å². The molecule has 3 aromatic rings. The molecule has 208 valence electrons. The number of phenolic OH excluding ortho intramolecular Hbond substituents is 1. The molecule has 8 heteroatoms. The number of piperazine rings is 1. The zero-order chi connectivity index (χ0) is 26.9. The highest BCUT2D eigenvalue weighted by Gasteiger charge is 2.32. The van der Waals surface area contributed by atoms with E-state index in [0.717, 1.165) is 73.7 Å². The summed E-state index contributed by atoms with van der Waals surface area (Å²) < 4.78 is 6.46. The van der Waals surface area contributed by atoms with Gasteiger partial charge in [-0.3, -0.25) is 4.90 Å². The van der Waals surface area contributed by atoms with Crippen LogP contribution < -0.4 is 19.9 Å². The fourth-order valence-electron chi connectivity index (χ4n) is 6.68. The Labute approximate surface area is 232 Å². The number of ether oxygens (including phenoxy) is 1. The van der Waals surface area contributed by atoms with Crippen LogP contribution in [0.1, 0.15) is 44.9 Å². The Kier molecular flexibility index (Phi) is 7.49. The van der Waals surface area contributed by atoms with Gasteiger partial charge in [-0.1, -0.05) is 31.2 Å². The molecule has 0 saturated carbocycles. The third-order valence-corrected chi connectivity index (χ3v) is 8.81. The Hall–Kier alpha value is -3.10. The molecule has 2 saturated heterocycles. The van der Waals surface area contributed by atoms with E-state index < -0.39 is 0 Å². The lowest BCUT2D eigenvalue weighted by atomic mass is 9.90. The zero-order valence-corrected chi connectivity index (χ0v) is 23.6. The van der Waals surface area contributed by atoms with Crippen molar-refractivity contribution in [1.82, 2.24) is 20.2 Å². The Morgan fingerprint density at radius 3 is 2.69 bits per heavy atom. The summed E-state index contributed by atoms with van der Waals surface area (Å²) in [5.41, 5.74) is 3.31. The molecule has 2 aromatic carbocycles. The van der Waals surface area contributed by atoms with Crippen molar-refractivity contribution in [3.8, 4) is 11.8 Å². The number of likely N-dealkylation sites (tertiary alicyclic amines) is 1. The van der Waals surface area contributed by atoms with Crippen molar-refractivity contribution < 1.29 is 9.84 Å². The van der Waals surface area contributed by atoms with Crippen LogP contribution in [-0.2, 0) is 13.0 Å². The van der Waals surface area contributed by atoms with E-state index in [2.05, 4.69) is 59.0 Å². The number of anilines is 2. The monoisotopic (exact) mass is 530 g/mol. The lowest BCUT2D eigenvalue weighted by molar-refractivity contribution is 0.0356. The second-order valence-electron chi connectivity index (χ2n) is 11.7. The van der Waals surface area contributed by atoms with Crippen LogP contribution in [0.15, 0.2) is 36.4 Å². The fourth-order valence-corrected chi connectivity index (χ4v) is 6.68. The molecular weight excluding hydrogens is 488 g/mol.